The second kappa shape index (κ2) is 10.4. The van der Waals surface area contributed by atoms with Crippen molar-refractivity contribution in [1.82, 2.24) is 24.4 Å². The van der Waals surface area contributed by atoms with Crippen LogP contribution in [-0.4, -0.2) is 56.0 Å². The van der Waals surface area contributed by atoms with Gasteiger partial charge >= 0.3 is 6.18 Å². The number of piperazine rings is 1. The molecule has 0 saturated carbocycles. The van der Waals surface area contributed by atoms with Gasteiger partial charge in [-0.05, 0) is 43.4 Å². The number of benzene rings is 2. The third kappa shape index (κ3) is 4.81. The summed E-state index contributed by atoms with van der Waals surface area (Å²) < 4.78 is 85.7. The molecule has 0 bridgehead atoms. The van der Waals surface area contributed by atoms with Gasteiger partial charge in [0.2, 0.25) is 0 Å². The molecule has 1 amide bonds. The number of carbonyl (C=O) groups excluding carboxylic acids is 1. The minimum Gasteiger partial charge on any atom is -0.333 e. The van der Waals surface area contributed by atoms with E-state index in [1.807, 2.05) is 19.1 Å². The maximum atomic E-state index is 14.5. The molecule has 1 aliphatic heterocycles. The Bertz CT molecular complexity index is 1720. The molecule has 2 aliphatic rings. The van der Waals surface area contributed by atoms with Crippen molar-refractivity contribution in [2.45, 2.75) is 51.9 Å². The number of nitrogens with zero attached hydrogens (tertiary/aromatic N) is 5. The largest absolute Gasteiger partial charge is 0.433 e. The van der Waals surface area contributed by atoms with Gasteiger partial charge in [0.25, 0.3) is 5.91 Å². The summed E-state index contributed by atoms with van der Waals surface area (Å²) in [5.74, 6) is -3.82. The molecule has 0 spiro atoms. The Balaban J connectivity index is 1.33. The van der Waals surface area contributed by atoms with Crippen LogP contribution in [0.2, 0.25) is 0 Å². The average Bonchev–Trinajstić information content (AvgIpc) is 3.36. The molecule has 4 aromatic rings. The molecular formula is C30H27F6N5O. The van der Waals surface area contributed by atoms with Gasteiger partial charge in [-0.15, -0.1) is 0 Å². The Labute approximate surface area is 237 Å². The van der Waals surface area contributed by atoms with Crippen molar-refractivity contribution < 1.29 is 31.1 Å². The van der Waals surface area contributed by atoms with Gasteiger partial charge in [0.05, 0.1) is 11.9 Å². The fraction of sp³-hybridized carbons (Fsp3) is 0.367. The third-order valence-electron chi connectivity index (χ3n) is 8.16. The zero-order valence-corrected chi connectivity index (χ0v) is 22.9. The number of hydrogen-bond donors (Lipinski definition) is 0. The van der Waals surface area contributed by atoms with E-state index in [4.69, 9.17) is 0 Å². The van der Waals surface area contributed by atoms with Gasteiger partial charge in [-0.3, -0.25) is 9.69 Å². The van der Waals surface area contributed by atoms with Crippen molar-refractivity contribution >= 4 is 11.6 Å². The molecule has 6 nitrogen and oxygen atoms in total. The third-order valence-corrected chi connectivity index (χ3v) is 8.16. The van der Waals surface area contributed by atoms with Gasteiger partial charge < -0.3 is 4.90 Å². The van der Waals surface area contributed by atoms with E-state index < -0.39 is 41.3 Å². The Morgan fingerprint density at radius 2 is 1.86 bits per heavy atom. The molecule has 0 unspecified atom stereocenters. The Morgan fingerprint density at radius 1 is 1.07 bits per heavy atom. The van der Waals surface area contributed by atoms with Gasteiger partial charge in [-0.2, -0.15) is 18.3 Å². The van der Waals surface area contributed by atoms with Gasteiger partial charge in [-0.25, -0.2) is 22.7 Å². The van der Waals surface area contributed by atoms with Crippen molar-refractivity contribution in [3.05, 3.63) is 87.5 Å². The van der Waals surface area contributed by atoms with Crippen molar-refractivity contribution in [3.8, 4) is 11.3 Å². The highest BCUT2D eigenvalue weighted by molar-refractivity contribution is 6.00. The molecule has 2 aromatic carbocycles. The van der Waals surface area contributed by atoms with Gasteiger partial charge in [-0.1, -0.05) is 25.1 Å². The number of amides is 1. The first kappa shape index (κ1) is 28.2. The Kier molecular flexibility index (Phi) is 6.99. The highest BCUT2D eigenvalue weighted by Gasteiger charge is 2.41. The second-order valence-corrected chi connectivity index (χ2v) is 10.9. The normalized spacial score (nSPS) is 17.4. The molecule has 0 radical (unpaired) electrons. The van der Waals surface area contributed by atoms with Crippen LogP contribution in [0.1, 0.15) is 52.2 Å². The molecule has 42 heavy (non-hydrogen) atoms. The van der Waals surface area contributed by atoms with Crippen LogP contribution in [0.5, 0.6) is 0 Å². The summed E-state index contributed by atoms with van der Waals surface area (Å²) in [5.41, 5.74) is 1.56. The van der Waals surface area contributed by atoms with Gasteiger partial charge in [0, 0.05) is 55.0 Å². The summed E-state index contributed by atoms with van der Waals surface area (Å²) in [6, 6.07) is 6.64. The molecule has 2 aromatic heterocycles. The summed E-state index contributed by atoms with van der Waals surface area (Å²) in [6.45, 7) is 4.37. The molecule has 1 saturated heterocycles. The van der Waals surface area contributed by atoms with Crippen LogP contribution in [0.25, 0.3) is 16.9 Å². The zero-order chi connectivity index (χ0) is 29.9. The lowest BCUT2D eigenvalue weighted by atomic mass is 9.86. The number of rotatable bonds is 4. The number of carbonyl (C=O) groups is 1. The predicted molar refractivity (Wildman–Crippen MR) is 142 cm³/mol. The lowest BCUT2D eigenvalue weighted by molar-refractivity contribution is -0.143. The predicted octanol–water partition coefficient (Wildman–Crippen LogP) is 5.84. The van der Waals surface area contributed by atoms with Crippen molar-refractivity contribution in [1.29, 1.82) is 0 Å². The number of hydrogen-bond acceptors (Lipinski definition) is 4. The van der Waals surface area contributed by atoms with E-state index >= 15 is 0 Å². The number of alkyl halides is 3. The first-order chi connectivity index (χ1) is 20.0. The molecule has 12 heteroatoms. The first-order valence-corrected chi connectivity index (χ1v) is 13.7. The SMILES string of the molecule is CCc1ccc2c(c1)CCc1c-2nc2c(C(=O)N3CCN(Cc4cc(F)cc(F)c4F)C[C@H]3C)cnn2c1C(F)(F)F. The van der Waals surface area contributed by atoms with Crippen LogP contribution in [0, 0.1) is 17.5 Å². The van der Waals surface area contributed by atoms with Crippen LogP contribution < -0.4 is 0 Å². The van der Waals surface area contributed by atoms with Crippen molar-refractivity contribution in [2.24, 2.45) is 0 Å². The topological polar surface area (TPSA) is 53.7 Å². The number of fused-ring (bicyclic) bond motifs is 4. The lowest BCUT2D eigenvalue weighted by Gasteiger charge is -2.39. The fourth-order valence-corrected chi connectivity index (χ4v) is 6.09. The highest BCUT2D eigenvalue weighted by atomic mass is 19.4. The summed E-state index contributed by atoms with van der Waals surface area (Å²) in [6.07, 6.45) is -2.24. The van der Waals surface area contributed by atoms with E-state index in [2.05, 4.69) is 10.1 Å². The lowest BCUT2D eigenvalue weighted by Crippen LogP contribution is -2.53. The standard InChI is InChI=1S/C30H27F6N5O/c1-3-17-4-6-21-18(10-17)5-7-22-26(21)38-28-23(13-37-41(28)27(22)30(34,35)36)29(42)40-9-8-39(14-16(40)2)15-19-11-20(31)12-24(32)25(19)33/h4,6,10-13,16H,3,5,7-9,14-15H2,1-2H3/t16-/m1/s1. The molecule has 1 atom stereocenters. The molecule has 3 heterocycles. The summed E-state index contributed by atoms with van der Waals surface area (Å²) >= 11 is 0. The van der Waals surface area contributed by atoms with E-state index in [-0.39, 0.29) is 60.6 Å². The van der Waals surface area contributed by atoms with Gasteiger partial charge in [0.1, 0.15) is 11.4 Å². The van der Waals surface area contributed by atoms with Crippen LogP contribution >= 0.6 is 0 Å². The molecule has 1 aliphatic carbocycles. The van der Waals surface area contributed by atoms with E-state index in [1.165, 1.54) is 4.90 Å². The minimum absolute atomic E-state index is 0.0526. The number of halogens is 6. The summed E-state index contributed by atoms with van der Waals surface area (Å²) in [5, 5.41) is 3.98. The number of aromatic nitrogens is 3. The Hall–Kier alpha value is -3.93. The van der Waals surface area contributed by atoms with Crippen LogP contribution in [0.4, 0.5) is 26.3 Å². The van der Waals surface area contributed by atoms with E-state index in [9.17, 15) is 31.1 Å². The van der Waals surface area contributed by atoms with Gasteiger partial charge in [0.15, 0.2) is 23.0 Å². The molecular weight excluding hydrogens is 560 g/mol. The zero-order valence-electron chi connectivity index (χ0n) is 22.9. The molecule has 1 fully saturated rings. The van der Waals surface area contributed by atoms with Crippen LogP contribution in [0.3, 0.4) is 0 Å². The highest BCUT2D eigenvalue weighted by Crippen LogP contribution is 2.41. The smallest absolute Gasteiger partial charge is 0.333 e. The van der Waals surface area contributed by atoms with Crippen molar-refractivity contribution in [2.75, 3.05) is 19.6 Å². The number of aryl methyl sites for hydroxylation is 2. The first-order valence-electron chi connectivity index (χ1n) is 13.7. The maximum Gasteiger partial charge on any atom is 0.433 e. The van der Waals surface area contributed by atoms with Crippen LogP contribution in [-0.2, 0) is 32.0 Å². The second-order valence-electron chi connectivity index (χ2n) is 10.9. The summed E-state index contributed by atoms with van der Waals surface area (Å²) in [4.78, 5) is 21.6. The average molecular weight is 588 g/mol. The quantitative estimate of drug-likeness (QED) is 0.223. The molecule has 220 valence electrons. The maximum absolute atomic E-state index is 14.5. The Morgan fingerprint density at radius 3 is 2.57 bits per heavy atom. The molecule has 6 rings (SSSR count). The summed E-state index contributed by atoms with van der Waals surface area (Å²) in [7, 11) is 0. The fourth-order valence-electron chi connectivity index (χ4n) is 6.09. The van der Waals surface area contributed by atoms with Crippen LogP contribution in [0.15, 0.2) is 36.5 Å². The van der Waals surface area contributed by atoms with E-state index in [0.717, 1.165) is 34.3 Å². The van der Waals surface area contributed by atoms with Crippen molar-refractivity contribution in [3.63, 3.8) is 0 Å². The molecule has 0 N–H and O–H groups in total. The minimum atomic E-state index is -4.73. The monoisotopic (exact) mass is 587 g/mol. The van der Waals surface area contributed by atoms with E-state index in [0.29, 0.717) is 18.1 Å². The van der Waals surface area contributed by atoms with E-state index in [1.54, 1.807) is 17.9 Å².